The van der Waals surface area contributed by atoms with Crippen LogP contribution in [0, 0.1) is 17.8 Å². The fraction of sp³-hybridized carbons (Fsp3) is 0.531. The molecular formula is C32H39ClN2O5S. The Morgan fingerprint density at radius 3 is 2.76 bits per heavy atom. The topological polar surface area (TPSA) is 95.9 Å². The van der Waals surface area contributed by atoms with E-state index in [1.54, 1.807) is 25.1 Å². The molecule has 41 heavy (non-hydrogen) atoms. The fourth-order valence-electron chi connectivity index (χ4n) is 7.16. The van der Waals surface area contributed by atoms with Crippen molar-refractivity contribution in [3.05, 3.63) is 70.3 Å². The highest BCUT2D eigenvalue weighted by molar-refractivity contribution is 7.90. The lowest BCUT2D eigenvalue weighted by Gasteiger charge is -2.45. The van der Waals surface area contributed by atoms with Crippen molar-refractivity contribution in [1.29, 1.82) is 0 Å². The van der Waals surface area contributed by atoms with Gasteiger partial charge in [0.15, 0.2) is 0 Å². The number of aryl methyl sites for hydroxylation is 1. The van der Waals surface area contributed by atoms with Crippen molar-refractivity contribution in [2.24, 2.45) is 17.8 Å². The number of hydrogen-bond acceptors (Lipinski definition) is 6. The van der Waals surface area contributed by atoms with Gasteiger partial charge in [-0.3, -0.25) is 4.79 Å². The second-order valence-electron chi connectivity index (χ2n) is 12.6. The summed E-state index contributed by atoms with van der Waals surface area (Å²) in [5, 5.41) is 11.1. The van der Waals surface area contributed by atoms with Crippen molar-refractivity contribution in [1.82, 2.24) is 4.72 Å². The number of sulfonamides is 1. The predicted molar refractivity (Wildman–Crippen MR) is 161 cm³/mol. The Kier molecular flexibility index (Phi) is 7.62. The van der Waals surface area contributed by atoms with Crippen molar-refractivity contribution in [3.8, 4) is 5.75 Å². The van der Waals surface area contributed by atoms with Crippen molar-refractivity contribution >= 4 is 33.2 Å². The predicted octanol–water partition coefficient (Wildman–Crippen LogP) is 5.24. The SMILES string of the molecule is C[C@@H]1[C@@H](C)C/C=C/[C@H](O)C2CCC2CN2C[C@@]3(CCCc4cc(Cl)ccc43)COc3ccc(cc32)C(=O)NS1(=O)=O. The van der Waals surface area contributed by atoms with Crippen LogP contribution in [0.15, 0.2) is 48.6 Å². The Labute approximate surface area is 248 Å². The van der Waals surface area contributed by atoms with E-state index in [4.69, 9.17) is 16.3 Å². The molecule has 6 atom stereocenters. The number of rotatable bonds is 0. The van der Waals surface area contributed by atoms with Crippen LogP contribution in [0.2, 0.25) is 5.02 Å². The highest BCUT2D eigenvalue weighted by Gasteiger charge is 2.44. The standard InChI is InChI=1S/C32H39ClN2O5S/c1-20-5-3-7-29(36)26-11-8-24(26)17-35-18-32(14-4-6-22-15-25(33)10-12-27(22)32)19-40-30-13-9-23(16-28(30)35)31(37)34-41(38,39)21(20)2/h3,7,9-10,12-13,15-16,20-21,24,26,29,36H,4-6,8,11,14,17-19H2,1-2H3,(H,34,37)/b7-3+/t20-,21+,24?,26?,29-,32-/m0/s1. The molecule has 4 aliphatic rings. The van der Waals surface area contributed by atoms with E-state index < -0.39 is 27.3 Å². The molecule has 2 aromatic carbocycles. The van der Waals surface area contributed by atoms with Gasteiger partial charge in [-0.25, -0.2) is 13.1 Å². The smallest absolute Gasteiger partial charge is 0.264 e. The summed E-state index contributed by atoms with van der Waals surface area (Å²) in [7, 11) is -3.91. The maximum absolute atomic E-state index is 13.3. The molecular weight excluding hydrogens is 560 g/mol. The van der Waals surface area contributed by atoms with Gasteiger partial charge in [0.25, 0.3) is 5.91 Å². The molecule has 6 rings (SSSR count). The van der Waals surface area contributed by atoms with Gasteiger partial charge >= 0.3 is 0 Å². The summed E-state index contributed by atoms with van der Waals surface area (Å²) in [6.45, 7) is 5.39. The molecule has 1 spiro atoms. The maximum Gasteiger partial charge on any atom is 0.264 e. The van der Waals surface area contributed by atoms with E-state index >= 15 is 0 Å². The first-order valence-corrected chi connectivity index (χ1v) is 16.7. The van der Waals surface area contributed by atoms with Gasteiger partial charge in [0, 0.05) is 29.1 Å². The lowest BCUT2D eigenvalue weighted by Crippen LogP contribution is -2.49. The summed E-state index contributed by atoms with van der Waals surface area (Å²) in [6, 6.07) is 11.4. The Bertz CT molecular complexity index is 1480. The zero-order valence-electron chi connectivity index (χ0n) is 23.7. The zero-order chi connectivity index (χ0) is 28.9. The molecule has 1 fully saturated rings. The first-order chi connectivity index (χ1) is 19.6. The molecule has 9 heteroatoms. The van der Waals surface area contributed by atoms with Crippen molar-refractivity contribution in [2.75, 3.05) is 24.6 Å². The number of fused-ring (bicyclic) bond motifs is 4. The van der Waals surface area contributed by atoms with Gasteiger partial charge < -0.3 is 14.7 Å². The molecule has 2 heterocycles. The molecule has 2 aliphatic carbocycles. The van der Waals surface area contributed by atoms with E-state index in [2.05, 4.69) is 21.8 Å². The molecule has 1 amide bonds. The second kappa shape index (κ2) is 10.9. The number of benzene rings is 2. The van der Waals surface area contributed by atoms with Crippen molar-refractivity contribution in [2.45, 2.75) is 69.1 Å². The monoisotopic (exact) mass is 598 g/mol. The van der Waals surface area contributed by atoms with Crippen LogP contribution >= 0.6 is 11.6 Å². The van der Waals surface area contributed by atoms with E-state index in [9.17, 15) is 18.3 Å². The lowest BCUT2D eigenvalue weighted by atomic mass is 9.68. The molecule has 2 unspecified atom stereocenters. The quantitative estimate of drug-likeness (QED) is 0.403. The minimum Gasteiger partial charge on any atom is -0.490 e. The van der Waals surface area contributed by atoms with Crippen LogP contribution in [0.3, 0.4) is 0 Å². The van der Waals surface area contributed by atoms with E-state index in [1.807, 2.05) is 25.1 Å². The molecule has 2 aliphatic heterocycles. The Morgan fingerprint density at radius 1 is 1.15 bits per heavy atom. The third-order valence-electron chi connectivity index (χ3n) is 10.0. The summed E-state index contributed by atoms with van der Waals surface area (Å²) in [5.41, 5.74) is 3.33. The maximum atomic E-state index is 13.3. The average Bonchev–Trinajstić information content (AvgIpc) is 3.06. The third-order valence-corrected chi connectivity index (χ3v) is 12.2. The third kappa shape index (κ3) is 5.39. The molecule has 1 saturated carbocycles. The van der Waals surface area contributed by atoms with E-state index in [-0.39, 0.29) is 28.7 Å². The number of carbonyl (C=O) groups is 1. The van der Waals surface area contributed by atoms with Crippen LogP contribution in [0.4, 0.5) is 5.69 Å². The van der Waals surface area contributed by atoms with Crippen molar-refractivity contribution in [3.63, 3.8) is 0 Å². The van der Waals surface area contributed by atoms with Gasteiger partial charge in [-0.1, -0.05) is 36.7 Å². The number of allylic oxidation sites excluding steroid dienone is 1. The Morgan fingerprint density at radius 2 is 1.98 bits per heavy atom. The summed E-state index contributed by atoms with van der Waals surface area (Å²) >= 11 is 6.38. The first-order valence-electron chi connectivity index (χ1n) is 14.8. The normalized spacial score (nSPS) is 33.8. The number of aliphatic hydroxyl groups excluding tert-OH is 1. The largest absolute Gasteiger partial charge is 0.490 e. The van der Waals surface area contributed by atoms with E-state index in [1.165, 1.54) is 11.1 Å². The second-order valence-corrected chi connectivity index (χ2v) is 15.1. The number of aliphatic hydroxyl groups is 1. The van der Waals surface area contributed by atoms with Gasteiger partial charge in [-0.2, -0.15) is 0 Å². The summed E-state index contributed by atoms with van der Waals surface area (Å²) < 4.78 is 35.1. The molecule has 2 bridgehead atoms. The van der Waals surface area contributed by atoms with E-state index in [0.717, 1.165) is 42.8 Å². The minimum absolute atomic E-state index is 0.128. The van der Waals surface area contributed by atoms with Crippen LogP contribution in [0.5, 0.6) is 5.75 Å². The number of nitrogens with zero attached hydrogens (tertiary/aromatic N) is 1. The minimum atomic E-state index is -3.91. The molecule has 2 aromatic rings. The number of amides is 1. The van der Waals surface area contributed by atoms with Crippen LogP contribution < -0.4 is 14.4 Å². The Balaban J connectivity index is 1.42. The zero-order valence-corrected chi connectivity index (χ0v) is 25.3. The number of halogens is 1. The molecule has 0 radical (unpaired) electrons. The molecule has 7 nitrogen and oxygen atoms in total. The number of carbonyl (C=O) groups excluding carboxylic acids is 1. The first kappa shape index (κ1) is 28.6. The highest BCUT2D eigenvalue weighted by atomic mass is 35.5. The van der Waals surface area contributed by atoms with Crippen LogP contribution in [-0.4, -0.2) is 50.5 Å². The summed E-state index contributed by atoms with van der Waals surface area (Å²) in [6.07, 6.45) is 8.58. The average molecular weight is 599 g/mol. The van der Waals surface area contributed by atoms with Gasteiger partial charge in [0.2, 0.25) is 10.0 Å². The van der Waals surface area contributed by atoms with Gasteiger partial charge in [0.1, 0.15) is 5.75 Å². The molecule has 0 aromatic heterocycles. The van der Waals surface area contributed by atoms with Crippen molar-refractivity contribution < 1.29 is 23.1 Å². The highest BCUT2D eigenvalue weighted by Crippen LogP contribution is 2.46. The van der Waals surface area contributed by atoms with Crippen LogP contribution in [-0.2, 0) is 21.9 Å². The van der Waals surface area contributed by atoms with Gasteiger partial charge in [-0.15, -0.1) is 0 Å². The summed E-state index contributed by atoms with van der Waals surface area (Å²) in [5.74, 6) is 0.232. The molecule has 2 N–H and O–H groups in total. The van der Waals surface area contributed by atoms with Crippen LogP contribution in [0.25, 0.3) is 0 Å². The summed E-state index contributed by atoms with van der Waals surface area (Å²) in [4.78, 5) is 15.6. The number of ether oxygens (including phenoxy) is 1. The number of nitrogens with one attached hydrogen (secondary N) is 1. The van der Waals surface area contributed by atoms with Gasteiger partial charge in [-0.05, 0) is 105 Å². The number of hydrogen-bond donors (Lipinski definition) is 2. The van der Waals surface area contributed by atoms with E-state index in [0.29, 0.717) is 31.9 Å². The van der Waals surface area contributed by atoms with Gasteiger partial charge in [0.05, 0.1) is 23.6 Å². The molecule has 220 valence electrons. The Hall–Kier alpha value is -2.55. The van der Waals surface area contributed by atoms with Crippen LogP contribution in [0.1, 0.15) is 67.4 Å². The number of anilines is 1. The molecule has 0 saturated heterocycles. The fourth-order valence-corrected chi connectivity index (χ4v) is 8.64. The lowest BCUT2D eigenvalue weighted by molar-refractivity contribution is 0.0456.